The molecular weight excluding hydrogens is 448 g/mol. The van der Waals surface area contributed by atoms with Crippen LogP contribution in [0.5, 0.6) is 0 Å². The summed E-state index contributed by atoms with van der Waals surface area (Å²) >= 11 is 0.996. The van der Waals surface area contributed by atoms with Crippen LogP contribution in [0.25, 0.3) is 11.3 Å². The maximum absolute atomic E-state index is 13.5. The lowest BCUT2D eigenvalue weighted by Gasteiger charge is -2.14. The molecular formula is C19H11F6N3O2S. The average Bonchev–Trinajstić information content (AvgIpc) is 3.15. The van der Waals surface area contributed by atoms with Gasteiger partial charge < -0.3 is 5.32 Å². The number of anilines is 2. The third kappa shape index (κ3) is 5.40. The molecule has 3 rings (SSSR count). The Kier molecular flexibility index (Phi) is 6.29. The number of benzene rings is 2. The Hall–Kier alpha value is -3.41. The zero-order chi connectivity index (χ0) is 22.8. The number of aromatic nitrogens is 1. The summed E-state index contributed by atoms with van der Waals surface area (Å²) in [6.45, 7) is 0. The van der Waals surface area contributed by atoms with Crippen molar-refractivity contribution >= 4 is 34.0 Å². The van der Waals surface area contributed by atoms with E-state index < -0.39 is 47.0 Å². The van der Waals surface area contributed by atoms with E-state index in [9.17, 15) is 35.9 Å². The molecule has 0 bridgehead atoms. The summed E-state index contributed by atoms with van der Waals surface area (Å²) in [6.07, 6.45) is -9.32. The number of alkyl halides is 4. The van der Waals surface area contributed by atoms with Crippen LogP contribution in [0.2, 0.25) is 0 Å². The summed E-state index contributed by atoms with van der Waals surface area (Å²) in [4.78, 5) is 28.1. The van der Waals surface area contributed by atoms with Crippen LogP contribution in [0.3, 0.4) is 0 Å². The first-order valence-corrected chi connectivity index (χ1v) is 9.26. The molecule has 0 radical (unpaired) electrons. The van der Waals surface area contributed by atoms with Crippen molar-refractivity contribution in [3.05, 3.63) is 65.0 Å². The second-order valence-electron chi connectivity index (χ2n) is 6.08. The molecule has 12 heteroatoms. The monoisotopic (exact) mass is 459 g/mol. The number of amides is 2. The molecule has 0 aliphatic rings. The number of rotatable bonds is 5. The van der Waals surface area contributed by atoms with Crippen LogP contribution >= 0.6 is 11.3 Å². The summed E-state index contributed by atoms with van der Waals surface area (Å²) in [5.41, 5.74) is -0.0835. The highest BCUT2D eigenvalue weighted by Gasteiger charge is 2.45. The highest BCUT2D eigenvalue weighted by Crippen LogP contribution is 2.28. The molecule has 1 heterocycles. The Bertz CT molecular complexity index is 1110. The first-order chi connectivity index (χ1) is 14.5. The minimum Gasteiger partial charge on any atom is -0.322 e. The van der Waals surface area contributed by atoms with Crippen molar-refractivity contribution in [2.24, 2.45) is 0 Å². The van der Waals surface area contributed by atoms with E-state index in [1.165, 1.54) is 24.3 Å². The predicted octanol–water partition coefficient (Wildman–Crippen LogP) is 5.18. The van der Waals surface area contributed by atoms with Gasteiger partial charge in [0.15, 0.2) is 5.13 Å². The molecule has 0 fully saturated rings. The van der Waals surface area contributed by atoms with Crippen molar-refractivity contribution in [1.29, 1.82) is 0 Å². The molecule has 2 N–H and O–H groups in total. The smallest absolute Gasteiger partial charge is 0.322 e. The van der Waals surface area contributed by atoms with Gasteiger partial charge in [-0.25, -0.2) is 18.2 Å². The Morgan fingerprint density at radius 2 is 1.61 bits per heavy atom. The molecule has 162 valence electrons. The number of nitrogens with one attached hydrogen (secondary N) is 2. The minimum atomic E-state index is -5.46. The molecule has 1 atom stereocenters. The lowest BCUT2D eigenvalue weighted by molar-refractivity contribution is -0.183. The van der Waals surface area contributed by atoms with Crippen LogP contribution < -0.4 is 10.6 Å². The van der Waals surface area contributed by atoms with E-state index in [1.54, 1.807) is 10.7 Å². The summed E-state index contributed by atoms with van der Waals surface area (Å²) in [6, 6.07) is 7.72. The number of carbonyl (C=O) groups excluding carboxylic acids is 2. The highest BCUT2D eigenvalue weighted by molar-refractivity contribution is 7.14. The van der Waals surface area contributed by atoms with Gasteiger partial charge >= 0.3 is 6.18 Å². The largest absolute Gasteiger partial charge is 0.428 e. The second kappa shape index (κ2) is 8.76. The predicted molar refractivity (Wildman–Crippen MR) is 101 cm³/mol. The van der Waals surface area contributed by atoms with E-state index in [0.29, 0.717) is 17.3 Å². The molecule has 1 unspecified atom stereocenters. The zero-order valence-electron chi connectivity index (χ0n) is 15.1. The van der Waals surface area contributed by atoms with Gasteiger partial charge in [0, 0.05) is 10.9 Å². The number of halogens is 6. The minimum absolute atomic E-state index is 0.0737. The Balaban J connectivity index is 1.79. The van der Waals surface area contributed by atoms with Crippen molar-refractivity contribution in [3.8, 4) is 11.3 Å². The maximum Gasteiger partial charge on any atom is 0.428 e. The van der Waals surface area contributed by atoms with Crippen LogP contribution in [-0.2, 0) is 4.79 Å². The first kappa shape index (κ1) is 22.3. The molecule has 0 aliphatic carbocycles. The van der Waals surface area contributed by atoms with Gasteiger partial charge in [-0.2, -0.15) is 13.2 Å². The lowest BCUT2D eigenvalue weighted by Crippen LogP contribution is -2.37. The van der Waals surface area contributed by atoms with Gasteiger partial charge in [0.05, 0.1) is 16.9 Å². The summed E-state index contributed by atoms with van der Waals surface area (Å²) in [7, 11) is 0. The van der Waals surface area contributed by atoms with E-state index in [4.69, 9.17) is 0 Å². The number of carbonyl (C=O) groups is 2. The molecule has 0 aliphatic heterocycles. The Labute approximate surface area is 174 Å². The number of nitrogens with zero attached hydrogens (tertiary/aromatic N) is 1. The molecule has 31 heavy (non-hydrogen) atoms. The van der Waals surface area contributed by atoms with Crippen LogP contribution in [-0.4, -0.2) is 29.1 Å². The molecule has 2 amide bonds. The molecule has 0 saturated carbocycles. The van der Waals surface area contributed by atoms with Crippen LogP contribution in [0, 0.1) is 11.6 Å². The molecule has 2 aromatic carbocycles. The van der Waals surface area contributed by atoms with Crippen molar-refractivity contribution in [3.63, 3.8) is 0 Å². The zero-order valence-corrected chi connectivity index (χ0v) is 16.0. The van der Waals surface area contributed by atoms with E-state index in [1.807, 2.05) is 0 Å². The fraction of sp³-hybridized carbons (Fsp3) is 0.105. The van der Waals surface area contributed by atoms with E-state index in [0.717, 1.165) is 23.5 Å². The maximum atomic E-state index is 13.5. The van der Waals surface area contributed by atoms with Crippen molar-refractivity contribution in [1.82, 2.24) is 4.98 Å². The van der Waals surface area contributed by atoms with Gasteiger partial charge in [0.1, 0.15) is 11.6 Å². The van der Waals surface area contributed by atoms with E-state index >= 15 is 0 Å². The van der Waals surface area contributed by atoms with Crippen molar-refractivity contribution < 1.29 is 35.9 Å². The van der Waals surface area contributed by atoms with Gasteiger partial charge in [-0.3, -0.25) is 14.9 Å². The molecule has 0 saturated heterocycles. The van der Waals surface area contributed by atoms with Gasteiger partial charge in [-0.15, -0.1) is 11.3 Å². The van der Waals surface area contributed by atoms with Crippen LogP contribution in [0.1, 0.15) is 10.4 Å². The molecule has 3 aromatic rings. The Morgan fingerprint density at radius 3 is 2.26 bits per heavy atom. The standard InChI is InChI=1S/C19H11F6N3O2S/c20-10-3-1-9(2-4-10)14-8-31-18(27-14)28-16(29)12-6-5-11(21)7-13(12)26-17(30)15(22)19(23,24)25/h1-8,15H,(H,26,30)(H,27,28,29). The lowest BCUT2D eigenvalue weighted by atomic mass is 10.1. The third-order valence-corrected chi connectivity index (χ3v) is 4.62. The second-order valence-corrected chi connectivity index (χ2v) is 6.94. The van der Waals surface area contributed by atoms with Gasteiger partial charge in [0.2, 0.25) is 0 Å². The Morgan fingerprint density at radius 1 is 0.968 bits per heavy atom. The quantitative estimate of drug-likeness (QED) is 0.517. The molecule has 1 aromatic heterocycles. The van der Waals surface area contributed by atoms with E-state index in [2.05, 4.69) is 10.3 Å². The van der Waals surface area contributed by atoms with Gasteiger partial charge in [-0.05, 0) is 42.5 Å². The normalized spacial score (nSPS) is 12.3. The summed E-state index contributed by atoms with van der Waals surface area (Å²) in [5, 5.41) is 5.57. The summed E-state index contributed by atoms with van der Waals surface area (Å²) in [5.74, 6) is -4.45. The first-order valence-electron chi connectivity index (χ1n) is 8.38. The van der Waals surface area contributed by atoms with Crippen molar-refractivity contribution in [2.45, 2.75) is 12.3 Å². The fourth-order valence-corrected chi connectivity index (χ4v) is 3.13. The fourth-order valence-electron chi connectivity index (χ4n) is 2.41. The van der Waals surface area contributed by atoms with Crippen LogP contribution in [0.15, 0.2) is 47.8 Å². The molecule has 5 nitrogen and oxygen atoms in total. The van der Waals surface area contributed by atoms with Crippen LogP contribution in [0.4, 0.5) is 37.2 Å². The van der Waals surface area contributed by atoms with Gasteiger partial charge in [0.25, 0.3) is 18.0 Å². The topological polar surface area (TPSA) is 71.1 Å². The van der Waals surface area contributed by atoms with E-state index in [-0.39, 0.29) is 5.13 Å². The highest BCUT2D eigenvalue weighted by atomic mass is 32.1. The third-order valence-electron chi connectivity index (χ3n) is 3.87. The van der Waals surface area contributed by atoms with Crippen molar-refractivity contribution in [2.75, 3.05) is 10.6 Å². The number of hydrogen-bond acceptors (Lipinski definition) is 4. The number of thiazole rings is 1. The summed E-state index contributed by atoms with van der Waals surface area (Å²) < 4.78 is 76.9. The molecule has 0 spiro atoms. The SMILES string of the molecule is O=C(Nc1nc(-c2ccc(F)cc2)cs1)c1ccc(F)cc1NC(=O)C(F)C(F)(F)F. The van der Waals surface area contributed by atoms with Gasteiger partial charge in [-0.1, -0.05) is 0 Å². The number of hydrogen-bond donors (Lipinski definition) is 2. The average molecular weight is 459 g/mol.